The number of imide groups is 1. The van der Waals surface area contributed by atoms with Crippen molar-refractivity contribution in [1.29, 1.82) is 0 Å². The highest BCUT2D eigenvalue weighted by Crippen LogP contribution is 2.44. The molecule has 40 heavy (non-hydrogen) atoms. The topological polar surface area (TPSA) is 86.8 Å². The van der Waals surface area contributed by atoms with Gasteiger partial charge in [0, 0.05) is 37.2 Å². The number of likely N-dealkylation sites (tertiary alicyclic amines) is 1. The van der Waals surface area contributed by atoms with Gasteiger partial charge in [-0.2, -0.15) is 0 Å². The Morgan fingerprint density at radius 2 is 1.80 bits per heavy atom. The molecule has 2 aromatic rings. The first kappa shape index (κ1) is 26.4. The number of benzene rings is 2. The number of nitrogens with one attached hydrogen (secondary N) is 1. The fourth-order valence-corrected chi connectivity index (χ4v) is 6.60. The van der Waals surface area contributed by atoms with Gasteiger partial charge in [0.2, 0.25) is 17.7 Å². The average Bonchev–Trinajstić information content (AvgIpc) is 3.21. The molecule has 1 unspecified atom stereocenters. The van der Waals surface area contributed by atoms with Crippen LogP contribution in [0.15, 0.2) is 48.0 Å². The van der Waals surface area contributed by atoms with Gasteiger partial charge in [0.25, 0.3) is 5.91 Å². The maximum atomic E-state index is 13.6. The van der Waals surface area contributed by atoms with E-state index in [-0.39, 0.29) is 35.4 Å². The normalized spacial score (nSPS) is 22.8. The molecule has 0 radical (unpaired) electrons. The molecule has 1 N–H and O–H groups in total. The van der Waals surface area contributed by atoms with Gasteiger partial charge in [0.05, 0.1) is 0 Å². The smallest absolute Gasteiger partial charge is 0.255 e. The summed E-state index contributed by atoms with van der Waals surface area (Å²) in [5.41, 5.74) is 5.53. The van der Waals surface area contributed by atoms with Gasteiger partial charge in [-0.1, -0.05) is 38.1 Å². The Kier molecular flexibility index (Phi) is 6.59. The van der Waals surface area contributed by atoms with E-state index in [1.165, 1.54) is 12.1 Å². The Morgan fingerprint density at radius 3 is 2.52 bits per heavy atom. The lowest BCUT2D eigenvalue weighted by molar-refractivity contribution is -0.137. The Morgan fingerprint density at radius 1 is 1.05 bits per heavy atom. The van der Waals surface area contributed by atoms with Gasteiger partial charge in [0.15, 0.2) is 0 Å². The summed E-state index contributed by atoms with van der Waals surface area (Å²) >= 11 is 0. The minimum atomic E-state index is -0.619. The van der Waals surface area contributed by atoms with E-state index in [4.69, 9.17) is 0 Å². The number of carbonyl (C=O) groups is 4. The summed E-state index contributed by atoms with van der Waals surface area (Å²) < 4.78 is 13.6. The van der Waals surface area contributed by atoms with Crippen LogP contribution >= 0.6 is 0 Å². The van der Waals surface area contributed by atoms with Crippen molar-refractivity contribution in [2.24, 2.45) is 11.3 Å². The lowest BCUT2D eigenvalue weighted by Gasteiger charge is -2.42. The Bertz CT molecular complexity index is 1440. The number of nitrogens with zero attached hydrogens (tertiary/aromatic N) is 2. The first-order chi connectivity index (χ1) is 19.1. The third-order valence-electron chi connectivity index (χ3n) is 8.88. The zero-order valence-electron chi connectivity index (χ0n) is 23.0. The van der Waals surface area contributed by atoms with Crippen LogP contribution < -0.4 is 5.32 Å². The van der Waals surface area contributed by atoms with E-state index in [0.29, 0.717) is 37.5 Å². The lowest BCUT2D eigenvalue weighted by atomic mass is 9.72. The van der Waals surface area contributed by atoms with Crippen LogP contribution in [0.2, 0.25) is 0 Å². The van der Waals surface area contributed by atoms with E-state index in [1.807, 2.05) is 23.1 Å². The fraction of sp³-hybridized carbons (Fsp3) is 0.438. The summed E-state index contributed by atoms with van der Waals surface area (Å²) in [7, 11) is 0. The standard InChI is InChI=1S/C32H34FN3O4/c1-32(2)12-11-25(26(15-32)21-4-6-23(33)7-5-21)30(39)35-16-20(17-35)13-19-3-8-24-22(14-19)18-36(31(24)40)27-9-10-28(37)34-29(27)38/h3-8,14,20,27H,9-13,15-18H2,1-2H3,(H,34,37,38). The van der Waals surface area contributed by atoms with Gasteiger partial charge < -0.3 is 9.80 Å². The quantitative estimate of drug-likeness (QED) is 0.572. The molecule has 4 aliphatic rings. The predicted octanol–water partition coefficient (Wildman–Crippen LogP) is 4.25. The predicted molar refractivity (Wildman–Crippen MR) is 147 cm³/mol. The van der Waals surface area contributed by atoms with Crippen molar-refractivity contribution < 1.29 is 23.6 Å². The molecule has 4 amide bonds. The van der Waals surface area contributed by atoms with E-state index < -0.39 is 11.9 Å². The summed E-state index contributed by atoms with van der Waals surface area (Å²) in [5, 5.41) is 2.34. The largest absolute Gasteiger partial charge is 0.338 e. The van der Waals surface area contributed by atoms with E-state index >= 15 is 0 Å². The van der Waals surface area contributed by atoms with Gasteiger partial charge in [-0.3, -0.25) is 24.5 Å². The molecule has 0 bridgehead atoms. The van der Waals surface area contributed by atoms with Crippen molar-refractivity contribution in [3.8, 4) is 0 Å². The maximum Gasteiger partial charge on any atom is 0.255 e. The van der Waals surface area contributed by atoms with Gasteiger partial charge in [-0.05, 0) is 83.9 Å². The highest BCUT2D eigenvalue weighted by Gasteiger charge is 2.40. The zero-order chi connectivity index (χ0) is 28.2. The lowest BCUT2D eigenvalue weighted by Crippen LogP contribution is -2.52. The third kappa shape index (κ3) is 4.95. The van der Waals surface area contributed by atoms with Crippen LogP contribution in [-0.2, 0) is 27.3 Å². The van der Waals surface area contributed by atoms with Gasteiger partial charge in [-0.25, -0.2) is 4.39 Å². The molecule has 6 rings (SSSR count). The number of halogens is 1. The molecule has 3 aliphatic heterocycles. The van der Waals surface area contributed by atoms with Gasteiger partial charge in [-0.15, -0.1) is 0 Å². The van der Waals surface area contributed by atoms with Crippen molar-refractivity contribution in [2.75, 3.05) is 13.1 Å². The zero-order valence-corrected chi connectivity index (χ0v) is 23.0. The number of piperidine rings is 1. The van der Waals surface area contributed by atoms with Gasteiger partial charge in [0.1, 0.15) is 11.9 Å². The highest BCUT2D eigenvalue weighted by atomic mass is 19.1. The molecule has 2 saturated heterocycles. The second kappa shape index (κ2) is 9.98. The molecule has 0 spiro atoms. The Balaban J connectivity index is 1.11. The minimum absolute atomic E-state index is 0.0884. The van der Waals surface area contributed by atoms with E-state index in [0.717, 1.165) is 53.5 Å². The van der Waals surface area contributed by atoms with E-state index in [1.54, 1.807) is 17.0 Å². The summed E-state index contributed by atoms with van der Waals surface area (Å²) in [4.78, 5) is 53.8. The van der Waals surface area contributed by atoms with Crippen LogP contribution in [0.25, 0.3) is 5.57 Å². The summed E-state index contributed by atoms with van der Waals surface area (Å²) in [5.74, 6) is -0.729. The first-order valence-corrected chi connectivity index (χ1v) is 14.1. The Hall–Kier alpha value is -3.81. The minimum Gasteiger partial charge on any atom is -0.338 e. The molecule has 208 valence electrons. The van der Waals surface area contributed by atoms with Crippen LogP contribution in [0.3, 0.4) is 0 Å². The van der Waals surface area contributed by atoms with E-state index in [9.17, 15) is 23.6 Å². The van der Waals surface area contributed by atoms with Crippen molar-refractivity contribution >= 4 is 29.2 Å². The van der Waals surface area contributed by atoms with Crippen molar-refractivity contribution in [1.82, 2.24) is 15.1 Å². The molecule has 2 fully saturated rings. The number of fused-ring (bicyclic) bond motifs is 1. The number of carbonyl (C=O) groups excluding carboxylic acids is 4. The van der Waals surface area contributed by atoms with Crippen LogP contribution in [0.1, 0.15) is 73.0 Å². The van der Waals surface area contributed by atoms with Crippen LogP contribution in [0.5, 0.6) is 0 Å². The second-order valence-electron chi connectivity index (χ2n) is 12.5. The van der Waals surface area contributed by atoms with Crippen LogP contribution in [0, 0.1) is 17.2 Å². The third-order valence-corrected chi connectivity index (χ3v) is 8.88. The molecule has 1 atom stereocenters. The monoisotopic (exact) mass is 543 g/mol. The van der Waals surface area contributed by atoms with Crippen LogP contribution in [0.4, 0.5) is 4.39 Å². The van der Waals surface area contributed by atoms with Crippen molar-refractivity contribution in [3.05, 3.63) is 76.1 Å². The molecule has 7 nitrogen and oxygen atoms in total. The van der Waals surface area contributed by atoms with Crippen molar-refractivity contribution in [2.45, 2.75) is 65.0 Å². The number of amides is 4. The fourth-order valence-electron chi connectivity index (χ4n) is 6.60. The second-order valence-corrected chi connectivity index (χ2v) is 12.5. The molecule has 0 aromatic heterocycles. The number of hydrogen-bond acceptors (Lipinski definition) is 4. The van der Waals surface area contributed by atoms with E-state index in [2.05, 4.69) is 19.2 Å². The average molecular weight is 544 g/mol. The number of rotatable bonds is 5. The Labute approximate surface area is 233 Å². The van der Waals surface area contributed by atoms with Crippen LogP contribution in [-0.4, -0.2) is 52.6 Å². The first-order valence-electron chi connectivity index (χ1n) is 14.1. The SMILES string of the molecule is CC1(C)CCC(C(=O)N2CC(Cc3ccc4c(c3)CN(C3CCC(=O)NC3=O)C4=O)C2)=C(c2ccc(F)cc2)C1. The maximum absolute atomic E-state index is 13.6. The summed E-state index contributed by atoms with van der Waals surface area (Å²) in [6, 6.07) is 11.7. The van der Waals surface area contributed by atoms with Gasteiger partial charge >= 0.3 is 0 Å². The highest BCUT2D eigenvalue weighted by molar-refractivity contribution is 6.05. The molecule has 1 aliphatic carbocycles. The molecular formula is C32H34FN3O4. The molecule has 8 heteroatoms. The molecule has 2 aromatic carbocycles. The molecule has 0 saturated carbocycles. The van der Waals surface area contributed by atoms with Crippen molar-refractivity contribution in [3.63, 3.8) is 0 Å². The summed E-state index contributed by atoms with van der Waals surface area (Å²) in [6.45, 7) is 6.15. The number of hydrogen-bond donors (Lipinski definition) is 1. The number of allylic oxidation sites excluding steroid dienone is 1. The summed E-state index contributed by atoms with van der Waals surface area (Å²) in [6.07, 6.45) is 3.85. The molecular weight excluding hydrogens is 509 g/mol. The molecule has 3 heterocycles.